The minimum Gasteiger partial charge on any atom is -0.125 e. The van der Waals surface area contributed by atoms with E-state index < -0.39 is 19.1 Å². The summed E-state index contributed by atoms with van der Waals surface area (Å²) in [6.07, 6.45) is 0. The molecule has 0 aromatic heterocycles. The highest BCUT2D eigenvalue weighted by Gasteiger charge is 2.52. The van der Waals surface area contributed by atoms with Gasteiger partial charge in [-0.2, -0.15) is 0 Å². The number of hydrogen-bond donors (Lipinski definition) is 0. The third-order valence-electron chi connectivity index (χ3n) is 0.321. The first kappa shape index (κ1) is 17.8. The van der Waals surface area contributed by atoms with E-state index >= 15 is 0 Å². The molecule has 0 N–H and O–H groups in total. The molecule has 0 amide bonds. The van der Waals surface area contributed by atoms with Crippen molar-refractivity contribution in [2.24, 2.45) is 0 Å². The minimum atomic E-state index is -3.01. The lowest BCUT2D eigenvalue weighted by Crippen LogP contribution is -2.36. The average Bonchev–Trinajstić information content (AvgIpc) is 1.50. The fourth-order valence-corrected chi connectivity index (χ4v) is 0. The third kappa shape index (κ3) is 17.0. The summed E-state index contributed by atoms with van der Waals surface area (Å²) in [5.74, 6) is 0. The Morgan fingerprint density at radius 1 is 0.538 bits per heavy atom. The maximum Gasteiger partial charge on any atom is 0.376 e. The highest BCUT2D eigenvalue weighted by Crippen LogP contribution is 2.39. The predicted octanol–water partition coefficient (Wildman–Crippen LogP) is 5.33. The summed E-state index contributed by atoms with van der Waals surface area (Å²) in [5, 5.41) is 0. The van der Waals surface area contributed by atoms with Crippen molar-refractivity contribution in [3.63, 3.8) is 0 Å². The smallest absolute Gasteiger partial charge is 0.125 e. The molecule has 0 aliphatic carbocycles. The molecule has 0 bridgehead atoms. The Bertz CT molecular complexity index is 123. The molecule has 0 saturated carbocycles. The van der Waals surface area contributed by atoms with Crippen LogP contribution in [-0.2, 0) is 0 Å². The van der Waals surface area contributed by atoms with Crippen LogP contribution in [0.25, 0.3) is 0 Å². The molecule has 0 fully saturated rings. The van der Waals surface area contributed by atoms with Gasteiger partial charge in [-0.15, -0.1) is 66.5 Å². The standard InChI is InChI=1S/C4H12Si.Cl6Si2/c1-5(2,3)4;1-7(2,3)8(4,5)6/h1-4H3;. The van der Waals surface area contributed by atoms with E-state index in [0.29, 0.717) is 0 Å². The molecular formula is C4H12Cl6Si3. The quantitative estimate of drug-likeness (QED) is 0.440. The molecule has 0 nitrogen and oxygen atoms in total. The molecule has 0 rings (SSSR count). The maximum absolute atomic E-state index is 5.34. The SMILES string of the molecule is C[Si](C)(C)C.Cl[Si](Cl)(Cl)[Si](Cl)(Cl)Cl. The average molecular weight is 357 g/mol. The van der Waals surface area contributed by atoms with Crippen LogP contribution >= 0.6 is 66.5 Å². The zero-order chi connectivity index (χ0) is 11.5. The van der Waals surface area contributed by atoms with E-state index in [4.69, 9.17) is 66.5 Å². The first-order chi connectivity index (χ1) is 5.25. The third-order valence-corrected chi connectivity index (χ3v) is 26.0. The van der Waals surface area contributed by atoms with E-state index in [1.54, 1.807) is 0 Å². The van der Waals surface area contributed by atoms with E-state index in [2.05, 4.69) is 26.2 Å². The molecule has 0 atom stereocenters. The summed E-state index contributed by atoms with van der Waals surface area (Å²) in [4.78, 5) is 0. The van der Waals surface area contributed by atoms with Gasteiger partial charge in [-0.3, -0.25) is 0 Å². The van der Waals surface area contributed by atoms with Gasteiger partial charge in [0.05, 0.1) is 0 Å². The summed E-state index contributed by atoms with van der Waals surface area (Å²) in [7, 11) is -0.611. The molecule has 9 heteroatoms. The molecule has 82 valence electrons. The lowest BCUT2D eigenvalue weighted by Gasteiger charge is -2.12. The molecule has 0 radical (unpaired) electrons. The van der Waals surface area contributed by atoms with E-state index in [1.807, 2.05) is 0 Å². The van der Waals surface area contributed by atoms with Gasteiger partial charge in [-0.1, -0.05) is 26.2 Å². The molecular weight excluding hydrogens is 345 g/mol. The zero-order valence-electron chi connectivity index (χ0n) is 7.77. The van der Waals surface area contributed by atoms with E-state index in [9.17, 15) is 0 Å². The number of rotatable bonds is 1. The summed E-state index contributed by atoms with van der Waals surface area (Å²) in [5.41, 5.74) is -6.01. The second kappa shape index (κ2) is 6.21. The predicted molar refractivity (Wildman–Crippen MR) is 75.8 cm³/mol. The first-order valence-electron chi connectivity index (χ1n) is 3.38. The molecule has 0 heterocycles. The fraction of sp³-hybridized carbons (Fsp3) is 1.00. The molecule has 0 unspecified atom stereocenters. The van der Waals surface area contributed by atoms with Crippen molar-refractivity contribution < 1.29 is 0 Å². The Kier molecular flexibility index (Phi) is 8.49. The number of halogens is 6. The second-order valence-electron chi connectivity index (χ2n) is 4.00. The lowest BCUT2D eigenvalue weighted by molar-refractivity contribution is 1.71. The van der Waals surface area contributed by atoms with Crippen LogP contribution in [0, 0.1) is 0 Å². The molecule has 13 heavy (non-hydrogen) atoms. The van der Waals surface area contributed by atoms with Gasteiger partial charge in [-0.25, -0.2) is 0 Å². The molecule has 0 aromatic carbocycles. The van der Waals surface area contributed by atoms with Gasteiger partial charge in [-0.05, 0) is 0 Å². The van der Waals surface area contributed by atoms with Gasteiger partial charge in [0, 0.05) is 8.07 Å². The van der Waals surface area contributed by atoms with Crippen LogP contribution in [0.1, 0.15) is 0 Å². The van der Waals surface area contributed by atoms with Gasteiger partial charge in [0.2, 0.25) is 0 Å². The van der Waals surface area contributed by atoms with Crippen LogP contribution in [0.2, 0.25) is 26.2 Å². The molecule has 0 aromatic rings. The van der Waals surface area contributed by atoms with Crippen LogP contribution in [-0.4, -0.2) is 19.1 Å². The van der Waals surface area contributed by atoms with Crippen LogP contribution in [0.15, 0.2) is 0 Å². The van der Waals surface area contributed by atoms with Crippen molar-refractivity contribution in [1.29, 1.82) is 0 Å². The Morgan fingerprint density at radius 3 is 0.615 bits per heavy atom. The number of hydrogen-bond acceptors (Lipinski definition) is 0. The normalized spacial score (nSPS) is 13.4. The van der Waals surface area contributed by atoms with Crippen LogP contribution < -0.4 is 0 Å². The first-order valence-corrected chi connectivity index (χ1v) is 18.5. The summed E-state index contributed by atoms with van der Waals surface area (Å²) in [6, 6.07) is 0. The van der Waals surface area contributed by atoms with Crippen LogP contribution in [0.5, 0.6) is 0 Å². The fourth-order valence-electron chi connectivity index (χ4n) is 0. The van der Waals surface area contributed by atoms with E-state index in [1.165, 1.54) is 0 Å². The highest BCUT2D eigenvalue weighted by molar-refractivity contribution is 8.10. The van der Waals surface area contributed by atoms with Crippen molar-refractivity contribution >= 4 is 85.6 Å². The Balaban J connectivity index is 0. The van der Waals surface area contributed by atoms with Crippen LogP contribution in [0.4, 0.5) is 0 Å². The topological polar surface area (TPSA) is 0 Å². The lowest BCUT2D eigenvalue weighted by atomic mass is 11.8. The van der Waals surface area contributed by atoms with Gasteiger partial charge in [0.15, 0.2) is 0 Å². The summed E-state index contributed by atoms with van der Waals surface area (Å²) < 4.78 is 0. The maximum atomic E-state index is 5.34. The molecule has 0 saturated heterocycles. The molecule has 0 aliphatic heterocycles. The summed E-state index contributed by atoms with van der Waals surface area (Å²) in [6.45, 7) is 9.31. The van der Waals surface area contributed by atoms with Crippen molar-refractivity contribution in [1.82, 2.24) is 0 Å². The van der Waals surface area contributed by atoms with Gasteiger partial charge >= 0.3 is 11.0 Å². The van der Waals surface area contributed by atoms with Crippen molar-refractivity contribution in [3.05, 3.63) is 0 Å². The Hall–Kier alpha value is 2.39. The highest BCUT2D eigenvalue weighted by atomic mass is 35.9. The van der Waals surface area contributed by atoms with Gasteiger partial charge in [0.1, 0.15) is 0 Å². The molecule has 0 aliphatic rings. The van der Waals surface area contributed by atoms with Crippen LogP contribution in [0.3, 0.4) is 0 Å². The largest absolute Gasteiger partial charge is 0.376 e. The minimum absolute atomic E-state index is 0.611. The zero-order valence-corrected chi connectivity index (χ0v) is 15.3. The van der Waals surface area contributed by atoms with Crippen molar-refractivity contribution in [3.8, 4) is 0 Å². The van der Waals surface area contributed by atoms with E-state index in [-0.39, 0.29) is 0 Å². The molecule has 0 spiro atoms. The van der Waals surface area contributed by atoms with Gasteiger partial charge < -0.3 is 0 Å². The van der Waals surface area contributed by atoms with Crippen molar-refractivity contribution in [2.75, 3.05) is 0 Å². The van der Waals surface area contributed by atoms with Gasteiger partial charge in [0.25, 0.3) is 0 Å². The second-order valence-corrected chi connectivity index (χ2v) is 35.9. The Labute approximate surface area is 111 Å². The monoisotopic (exact) mass is 354 g/mol. The van der Waals surface area contributed by atoms with E-state index in [0.717, 1.165) is 0 Å². The summed E-state index contributed by atoms with van der Waals surface area (Å²) >= 11 is 32.1. The van der Waals surface area contributed by atoms with Crippen molar-refractivity contribution in [2.45, 2.75) is 26.2 Å². The Morgan fingerprint density at radius 2 is 0.615 bits per heavy atom.